The maximum Gasteiger partial charge on any atom is 0.407 e. The van der Waals surface area contributed by atoms with Crippen molar-refractivity contribution >= 4 is 11.4 Å². The standard InChI is InChI=1S/C25H31F4N5O.C2H6/c1-16-11-23(21(12-22(16)26)17(2)13-30)33(19-7-5-6-8-19)15-18-9-10-20(14-31-18)34(35)32-24(3,4)25(27,28)29;1-2/h9-12,14,17,19,32,35H,5-8,15H2,1-4H3;1-2H3. The lowest BCUT2D eigenvalue weighted by Crippen LogP contribution is -2.58. The number of aromatic nitrogens is 1. The Morgan fingerprint density at radius 3 is 2.32 bits per heavy atom. The van der Waals surface area contributed by atoms with Crippen LogP contribution in [0.5, 0.6) is 0 Å². The second-order valence-electron chi connectivity index (χ2n) is 9.63. The average Bonchev–Trinajstić information content (AvgIpc) is 3.39. The van der Waals surface area contributed by atoms with Gasteiger partial charge in [-0.3, -0.25) is 10.2 Å². The molecule has 1 aromatic carbocycles. The first-order chi connectivity index (χ1) is 17.3. The van der Waals surface area contributed by atoms with E-state index in [4.69, 9.17) is 0 Å². The van der Waals surface area contributed by atoms with E-state index < -0.39 is 17.6 Å². The van der Waals surface area contributed by atoms with Crippen molar-refractivity contribution in [3.05, 3.63) is 53.1 Å². The van der Waals surface area contributed by atoms with Crippen LogP contribution >= 0.6 is 0 Å². The highest BCUT2D eigenvalue weighted by atomic mass is 19.4. The highest BCUT2D eigenvalue weighted by Gasteiger charge is 2.48. The van der Waals surface area contributed by atoms with Crippen LogP contribution in [0.2, 0.25) is 0 Å². The van der Waals surface area contributed by atoms with Gasteiger partial charge in [-0.15, -0.1) is 0 Å². The van der Waals surface area contributed by atoms with E-state index in [2.05, 4.69) is 16.0 Å². The van der Waals surface area contributed by atoms with E-state index in [1.807, 2.05) is 19.3 Å². The Bertz CT molecular complexity index is 1060. The predicted molar refractivity (Wildman–Crippen MR) is 137 cm³/mol. The Labute approximate surface area is 216 Å². The summed E-state index contributed by atoms with van der Waals surface area (Å²) in [5.41, 5.74) is 2.23. The average molecular weight is 524 g/mol. The number of hydrazine groups is 1. The number of hydrogen-bond acceptors (Lipinski definition) is 6. The van der Waals surface area contributed by atoms with Crippen molar-refractivity contribution in [1.29, 1.82) is 5.26 Å². The molecule has 6 nitrogen and oxygen atoms in total. The molecule has 1 unspecified atom stereocenters. The molecular formula is C27H37F4N5O. The highest BCUT2D eigenvalue weighted by Crippen LogP contribution is 2.36. The van der Waals surface area contributed by atoms with E-state index in [-0.39, 0.29) is 17.5 Å². The molecule has 1 atom stereocenters. The van der Waals surface area contributed by atoms with Crippen molar-refractivity contribution in [1.82, 2.24) is 10.4 Å². The Hall–Kier alpha value is -2.90. The van der Waals surface area contributed by atoms with Gasteiger partial charge < -0.3 is 4.90 Å². The summed E-state index contributed by atoms with van der Waals surface area (Å²) in [6, 6.07) is 8.69. The zero-order valence-corrected chi connectivity index (χ0v) is 22.3. The third-order valence-corrected chi connectivity index (χ3v) is 6.52. The molecule has 1 aliphatic rings. The molecule has 1 saturated carbocycles. The maximum absolute atomic E-state index is 14.4. The monoisotopic (exact) mass is 523 g/mol. The van der Waals surface area contributed by atoms with Crippen LogP contribution in [0.15, 0.2) is 30.5 Å². The lowest BCUT2D eigenvalue weighted by Gasteiger charge is -2.34. The summed E-state index contributed by atoms with van der Waals surface area (Å²) in [6.45, 7) is 9.63. The zero-order valence-electron chi connectivity index (χ0n) is 22.3. The van der Waals surface area contributed by atoms with Gasteiger partial charge in [0.05, 0.1) is 30.4 Å². The van der Waals surface area contributed by atoms with E-state index in [9.17, 15) is 28.0 Å². The van der Waals surface area contributed by atoms with Gasteiger partial charge >= 0.3 is 6.18 Å². The Morgan fingerprint density at radius 1 is 1.19 bits per heavy atom. The van der Waals surface area contributed by atoms with Crippen LogP contribution in [-0.2, 0) is 6.54 Å². The third-order valence-electron chi connectivity index (χ3n) is 6.52. The third kappa shape index (κ3) is 7.33. The summed E-state index contributed by atoms with van der Waals surface area (Å²) in [6.07, 6.45) is 0.754. The zero-order chi connectivity index (χ0) is 28.0. The molecule has 1 aliphatic carbocycles. The molecule has 0 aliphatic heterocycles. The Kier molecular flexibility index (Phi) is 10.3. The van der Waals surface area contributed by atoms with Gasteiger partial charge in [0, 0.05) is 11.7 Å². The summed E-state index contributed by atoms with van der Waals surface area (Å²) in [5, 5.41) is 20.0. The molecule has 1 fully saturated rings. The van der Waals surface area contributed by atoms with Crippen molar-refractivity contribution < 1.29 is 22.8 Å². The first kappa shape index (κ1) is 30.3. The molecule has 0 saturated heterocycles. The lowest BCUT2D eigenvalue weighted by atomic mass is 9.96. The van der Waals surface area contributed by atoms with Crippen LogP contribution in [-0.4, -0.2) is 27.9 Å². The molecule has 3 rings (SSSR count). The molecule has 0 bridgehead atoms. The minimum Gasteiger partial charge on any atom is -0.362 e. The van der Waals surface area contributed by atoms with E-state index in [0.29, 0.717) is 28.5 Å². The molecule has 2 N–H and O–H groups in total. The van der Waals surface area contributed by atoms with Gasteiger partial charge in [0.25, 0.3) is 0 Å². The molecule has 204 valence electrons. The fourth-order valence-electron chi connectivity index (χ4n) is 4.18. The fourth-order valence-corrected chi connectivity index (χ4v) is 4.18. The number of alkyl halides is 3. The molecule has 1 aromatic heterocycles. The fraction of sp³-hybridized carbons (Fsp3) is 0.556. The quantitative estimate of drug-likeness (QED) is 0.282. The SMILES string of the molecule is CC.Cc1cc(N(Cc2ccc(N(O)NC(C)(C)C(F)(F)F)cn2)C2CCCC2)c(C(C)C#N)cc1F. The Morgan fingerprint density at radius 2 is 1.81 bits per heavy atom. The van der Waals surface area contributed by atoms with Crippen LogP contribution in [0.3, 0.4) is 0 Å². The first-order valence-electron chi connectivity index (χ1n) is 12.6. The van der Waals surface area contributed by atoms with Gasteiger partial charge in [-0.1, -0.05) is 26.7 Å². The number of pyridine rings is 1. The van der Waals surface area contributed by atoms with Gasteiger partial charge in [-0.25, -0.2) is 4.39 Å². The second-order valence-corrected chi connectivity index (χ2v) is 9.63. The second kappa shape index (κ2) is 12.6. The minimum absolute atomic E-state index is 0.0508. The molecule has 10 heteroatoms. The summed E-state index contributed by atoms with van der Waals surface area (Å²) in [5.74, 6) is -0.873. The smallest absolute Gasteiger partial charge is 0.362 e. The van der Waals surface area contributed by atoms with Crippen molar-refractivity contribution in [3.8, 4) is 6.07 Å². The van der Waals surface area contributed by atoms with Crippen molar-refractivity contribution in [2.24, 2.45) is 0 Å². The summed E-state index contributed by atoms with van der Waals surface area (Å²) < 4.78 is 53.8. The van der Waals surface area contributed by atoms with Crippen molar-refractivity contribution in [3.63, 3.8) is 0 Å². The highest BCUT2D eigenvalue weighted by molar-refractivity contribution is 5.59. The molecule has 2 aromatic rings. The summed E-state index contributed by atoms with van der Waals surface area (Å²) in [7, 11) is 0. The van der Waals surface area contributed by atoms with Crippen LogP contribution in [0.4, 0.5) is 28.9 Å². The molecule has 0 spiro atoms. The number of halogens is 4. The molecule has 37 heavy (non-hydrogen) atoms. The molecule has 0 radical (unpaired) electrons. The number of hydrogen-bond donors (Lipinski definition) is 2. The number of nitrogens with one attached hydrogen (secondary N) is 1. The number of nitriles is 1. The van der Waals surface area contributed by atoms with Gasteiger partial charge in [0.2, 0.25) is 0 Å². The normalized spacial score (nSPS) is 15.0. The van der Waals surface area contributed by atoms with Crippen molar-refractivity contribution in [2.45, 2.75) is 97.4 Å². The largest absolute Gasteiger partial charge is 0.407 e. The van der Waals surface area contributed by atoms with E-state index >= 15 is 0 Å². The summed E-state index contributed by atoms with van der Waals surface area (Å²) in [4.78, 5) is 6.50. The first-order valence-corrected chi connectivity index (χ1v) is 12.6. The summed E-state index contributed by atoms with van der Waals surface area (Å²) >= 11 is 0. The van der Waals surface area contributed by atoms with Gasteiger partial charge in [-0.2, -0.15) is 29.0 Å². The molecule has 1 heterocycles. The van der Waals surface area contributed by atoms with E-state index in [1.54, 1.807) is 26.0 Å². The van der Waals surface area contributed by atoms with Gasteiger partial charge in [0.1, 0.15) is 17.0 Å². The lowest BCUT2D eigenvalue weighted by molar-refractivity contribution is -0.191. The number of benzene rings is 1. The molecule has 0 amide bonds. The molecular weight excluding hydrogens is 486 g/mol. The maximum atomic E-state index is 14.4. The number of rotatable bonds is 8. The van der Waals surface area contributed by atoms with Crippen LogP contribution < -0.4 is 15.5 Å². The Balaban J connectivity index is 0.00000235. The van der Waals surface area contributed by atoms with Crippen LogP contribution in [0.25, 0.3) is 0 Å². The van der Waals surface area contributed by atoms with Crippen LogP contribution in [0.1, 0.15) is 83.0 Å². The number of anilines is 2. The topological polar surface area (TPSA) is 75.4 Å². The predicted octanol–water partition coefficient (Wildman–Crippen LogP) is 7.17. The van der Waals surface area contributed by atoms with E-state index in [1.165, 1.54) is 18.3 Å². The van der Waals surface area contributed by atoms with E-state index in [0.717, 1.165) is 45.2 Å². The van der Waals surface area contributed by atoms with Gasteiger partial charge in [-0.05, 0) is 75.9 Å². The van der Waals surface area contributed by atoms with Gasteiger partial charge in [0.15, 0.2) is 0 Å². The minimum atomic E-state index is -4.57. The van der Waals surface area contributed by atoms with Crippen LogP contribution in [0, 0.1) is 24.1 Å². The number of nitrogens with zero attached hydrogens (tertiary/aromatic N) is 4. The van der Waals surface area contributed by atoms with Crippen molar-refractivity contribution in [2.75, 3.05) is 10.1 Å². The number of aryl methyl sites for hydroxylation is 1.